The van der Waals surface area contributed by atoms with Crippen molar-refractivity contribution < 1.29 is 19.1 Å². The number of anilines is 2. The molecule has 3 aromatic carbocycles. The lowest BCUT2D eigenvalue weighted by atomic mass is 9.99. The van der Waals surface area contributed by atoms with Gasteiger partial charge in [0.05, 0.1) is 5.69 Å². The van der Waals surface area contributed by atoms with Crippen molar-refractivity contribution in [2.45, 2.75) is 38.8 Å². The van der Waals surface area contributed by atoms with E-state index in [2.05, 4.69) is 5.32 Å². The normalized spacial score (nSPS) is 16.0. The summed E-state index contributed by atoms with van der Waals surface area (Å²) in [6.45, 7) is 4.17. The molecule has 0 spiro atoms. The lowest BCUT2D eigenvalue weighted by Crippen LogP contribution is -2.55. The minimum atomic E-state index is -1.13. The van der Waals surface area contributed by atoms with Crippen LogP contribution in [0.25, 0.3) is 0 Å². The monoisotopic (exact) mass is 483 g/mol. The smallest absolute Gasteiger partial charge is 0.271 e. The molecule has 2 aliphatic rings. The van der Waals surface area contributed by atoms with Gasteiger partial charge in [-0.25, -0.2) is 0 Å². The van der Waals surface area contributed by atoms with E-state index >= 15 is 0 Å². The minimum Gasteiger partial charge on any atom is -0.476 e. The number of fused-ring (bicyclic) bond motifs is 2. The molecule has 0 bridgehead atoms. The van der Waals surface area contributed by atoms with Crippen LogP contribution < -0.4 is 19.9 Å². The summed E-state index contributed by atoms with van der Waals surface area (Å²) in [4.78, 5) is 42.9. The van der Waals surface area contributed by atoms with Crippen LogP contribution in [0, 0.1) is 0 Å². The molecule has 36 heavy (non-hydrogen) atoms. The number of nitrogens with one attached hydrogen (secondary N) is 1. The molecule has 3 amide bonds. The number of nitrogens with zero attached hydrogens (tertiary/aromatic N) is 2. The predicted octanol–water partition coefficient (Wildman–Crippen LogP) is 4.10. The third-order valence-corrected chi connectivity index (χ3v) is 6.61. The number of aryl methyl sites for hydroxylation is 1. The van der Waals surface area contributed by atoms with E-state index in [1.165, 1.54) is 4.90 Å². The van der Waals surface area contributed by atoms with Crippen LogP contribution in [0.5, 0.6) is 5.75 Å². The Morgan fingerprint density at radius 1 is 0.972 bits per heavy atom. The maximum atomic E-state index is 13.5. The number of benzene rings is 3. The average Bonchev–Trinajstić information content (AvgIpc) is 2.89. The first kappa shape index (κ1) is 23.6. The molecule has 1 N–H and O–H groups in total. The summed E-state index contributed by atoms with van der Waals surface area (Å²) in [6, 6.07) is 22.6. The van der Waals surface area contributed by atoms with E-state index in [0.717, 1.165) is 29.7 Å². The number of ether oxygens (including phenoxy) is 1. The van der Waals surface area contributed by atoms with Crippen LogP contribution in [0.4, 0.5) is 11.4 Å². The fraction of sp³-hybridized carbons (Fsp3) is 0.276. The van der Waals surface area contributed by atoms with Crippen molar-refractivity contribution in [2.75, 3.05) is 22.9 Å². The topological polar surface area (TPSA) is 79.0 Å². The zero-order valence-corrected chi connectivity index (χ0v) is 20.5. The van der Waals surface area contributed by atoms with Crippen molar-refractivity contribution in [3.05, 3.63) is 89.5 Å². The lowest BCUT2D eigenvalue weighted by Gasteiger charge is -2.38. The number of rotatable bonds is 5. The highest BCUT2D eigenvalue weighted by Crippen LogP contribution is 2.39. The molecule has 2 aliphatic heterocycles. The van der Waals surface area contributed by atoms with Gasteiger partial charge in [0.2, 0.25) is 5.91 Å². The highest BCUT2D eigenvalue weighted by atomic mass is 16.5. The van der Waals surface area contributed by atoms with Crippen molar-refractivity contribution in [1.29, 1.82) is 0 Å². The Balaban J connectivity index is 1.41. The maximum absolute atomic E-state index is 13.5. The Bertz CT molecular complexity index is 1320. The molecular weight excluding hydrogens is 454 g/mol. The Morgan fingerprint density at radius 3 is 2.53 bits per heavy atom. The van der Waals surface area contributed by atoms with E-state index in [1.807, 2.05) is 54.6 Å². The van der Waals surface area contributed by atoms with Gasteiger partial charge >= 0.3 is 0 Å². The summed E-state index contributed by atoms with van der Waals surface area (Å²) in [5.74, 6) is -0.308. The van der Waals surface area contributed by atoms with Gasteiger partial charge in [-0.2, -0.15) is 0 Å². The van der Waals surface area contributed by atoms with E-state index in [-0.39, 0.29) is 24.3 Å². The highest BCUT2D eigenvalue weighted by molar-refractivity contribution is 6.10. The fourth-order valence-corrected chi connectivity index (χ4v) is 4.75. The number of hydrogen-bond acceptors (Lipinski definition) is 4. The van der Waals surface area contributed by atoms with Gasteiger partial charge in [0.15, 0.2) is 5.60 Å². The van der Waals surface area contributed by atoms with Gasteiger partial charge < -0.3 is 15.0 Å². The summed E-state index contributed by atoms with van der Waals surface area (Å²) < 4.78 is 5.96. The van der Waals surface area contributed by atoms with E-state index < -0.39 is 5.60 Å². The molecule has 2 heterocycles. The number of hydrogen-bond donors (Lipinski definition) is 1. The Morgan fingerprint density at radius 2 is 1.72 bits per heavy atom. The quantitative estimate of drug-likeness (QED) is 0.593. The number of carbonyl (C=O) groups excluding carboxylic acids is 3. The van der Waals surface area contributed by atoms with Crippen LogP contribution >= 0.6 is 0 Å². The van der Waals surface area contributed by atoms with Crippen molar-refractivity contribution >= 4 is 29.1 Å². The first-order chi connectivity index (χ1) is 17.3. The van der Waals surface area contributed by atoms with E-state index in [9.17, 15) is 14.4 Å². The van der Waals surface area contributed by atoms with Crippen LogP contribution in [0.2, 0.25) is 0 Å². The van der Waals surface area contributed by atoms with Crippen molar-refractivity contribution in [1.82, 2.24) is 5.32 Å². The Kier molecular flexibility index (Phi) is 6.22. The molecule has 0 aliphatic carbocycles. The molecule has 7 heteroatoms. The third-order valence-electron chi connectivity index (χ3n) is 6.61. The second-order valence-corrected chi connectivity index (χ2v) is 9.64. The number of amides is 3. The molecule has 0 fully saturated rings. The summed E-state index contributed by atoms with van der Waals surface area (Å²) in [5.41, 5.74) is 2.75. The van der Waals surface area contributed by atoms with Crippen molar-refractivity contribution in [3.63, 3.8) is 0 Å². The highest BCUT2D eigenvalue weighted by Gasteiger charge is 2.42. The molecule has 7 nitrogen and oxygen atoms in total. The van der Waals surface area contributed by atoms with Gasteiger partial charge in [-0.15, -0.1) is 0 Å². The largest absolute Gasteiger partial charge is 0.476 e. The van der Waals surface area contributed by atoms with Gasteiger partial charge in [-0.1, -0.05) is 48.5 Å². The third kappa shape index (κ3) is 4.56. The van der Waals surface area contributed by atoms with Crippen LogP contribution in [-0.2, 0) is 22.6 Å². The first-order valence-electron chi connectivity index (χ1n) is 12.2. The molecule has 0 aromatic heterocycles. The lowest BCUT2D eigenvalue weighted by molar-refractivity contribution is -0.134. The molecule has 3 aromatic rings. The molecule has 0 saturated heterocycles. The van der Waals surface area contributed by atoms with Crippen molar-refractivity contribution in [3.8, 4) is 5.75 Å². The maximum Gasteiger partial charge on any atom is 0.271 e. The molecule has 0 unspecified atom stereocenters. The number of carbonyl (C=O) groups is 3. The van der Waals surface area contributed by atoms with Gasteiger partial charge in [0.1, 0.15) is 12.3 Å². The minimum absolute atomic E-state index is 0.143. The summed E-state index contributed by atoms with van der Waals surface area (Å²) in [7, 11) is 0. The van der Waals surface area contributed by atoms with Crippen LogP contribution in [0.1, 0.15) is 41.8 Å². The van der Waals surface area contributed by atoms with Crippen LogP contribution in [0.3, 0.4) is 0 Å². The first-order valence-corrected chi connectivity index (χ1v) is 12.2. The van der Waals surface area contributed by atoms with Gasteiger partial charge in [0, 0.05) is 24.3 Å². The number of para-hydroxylation sites is 1. The second kappa shape index (κ2) is 9.49. The second-order valence-electron chi connectivity index (χ2n) is 9.64. The molecule has 0 saturated carbocycles. The summed E-state index contributed by atoms with van der Waals surface area (Å²) >= 11 is 0. The zero-order valence-electron chi connectivity index (χ0n) is 20.5. The van der Waals surface area contributed by atoms with E-state index in [0.29, 0.717) is 30.1 Å². The SMILES string of the molecule is CC1(C)Oc2ccc(C(=O)N3CCCc4ccccc43)cc2N(CC(=O)NCc2ccccc2)C1=O. The van der Waals surface area contributed by atoms with Crippen molar-refractivity contribution in [2.24, 2.45) is 0 Å². The molecule has 0 atom stereocenters. The molecule has 0 radical (unpaired) electrons. The van der Waals surface area contributed by atoms with Crippen LogP contribution in [-0.4, -0.2) is 36.4 Å². The molecular formula is C29H29N3O4. The Hall–Kier alpha value is -4.13. The molecule has 184 valence electrons. The Labute approximate surface area is 210 Å². The zero-order chi connectivity index (χ0) is 25.3. The average molecular weight is 484 g/mol. The summed E-state index contributed by atoms with van der Waals surface area (Å²) in [6.07, 6.45) is 1.82. The van der Waals surface area contributed by atoms with Crippen LogP contribution in [0.15, 0.2) is 72.8 Å². The van der Waals surface area contributed by atoms with Gasteiger partial charge in [0.25, 0.3) is 11.8 Å². The summed E-state index contributed by atoms with van der Waals surface area (Å²) in [5, 5.41) is 2.88. The predicted molar refractivity (Wildman–Crippen MR) is 138 cm³/mol. The van der Waals surface area contributed by atoms with E-state index in [4.69, 9.17) is 4.74 Å². The van der Waals surface area contributed by atoms with Gasteiger partial charge in [-0.3, -0.25) is 19.3 Å². The fourth-order valence-electron chi connectivity index (χ4n) is 4.75. The van der Waals surface area contributed by atoms with Gasteiger partial charge in [-0.05, 0) is 62.1 Å². The standard InChI is InChI=1S/C29H29N3O4/c1-29(2)28(35)32(19-26(33)30-18-20-9-4-3-5-10-20)24-17-22(14-15-25(24)36-29)27(34)31-16-8-12-21-11-6-7-13-23(21)31/h3-7,9-11,13-15,17H,8,12,16,18-19H2,1-2H3,(H,30,33). The van der Waals surface area contributed by atoms with E-state index in [1.54, 1.807) is 36.9 Å². The molecule has 5 rings (SSSR count).